The summed E-state index contributed by atoms with van der Waals surface area (Å²) < 4.78 is 26.8. The van der Waals surface area contributed by atoms with E-state index in [-0.39, 0.29) is 17.5 Å². The van der Waals surface area contributed by atoms with E-state index in [2.05, 4.69) is 15.9 Å². The van der Waals surface area contributed by atoms with Gasteiger partial charge in [0.25, 0.3) is 0 Å². The van der Waals surface area contributed by atoms with E-state index in [1.54, 1.807) is 12.1 Å². The van der Waals surface area contributed by atoms with Crippen molar-refractivity contribution in [1.29, 1.82) is 0 Å². The number of nitrogen functional groups attached to an aromatic ring is 1. The molecule has 0 aliphatic carbocycles. The Hall–Kier alpha value is -0.630. The Balaban J connectivity index is 2.42. The van der Waals surface area contributed by atoms with Gasteiger partial charge < -0.3 is 10.8 Å². The van der Waals surface area contributed by atoms with Crippen molar-refractivity contribution >= 4 is 31.6 Å². The normalized spacial score (nSPS) is 21.3. The molecule has 7 heteroatoms. The molecule has 0 amide bonds. The molecule has 1 aliphatic rings. The van der Waals surface area contributed by atoms with E-state index in [9.17, 15) is 13.5 Å². The van der Waals surface area contributed by atoms with Gasteiger partial charge in [0.15, 0.2) is 0 Å². The second kappa shape index (κ2) is 5.16. The molecule has 1 saturated heterocycles. The van der Waals surface area contributed by atoms with Crippen LogP contribution in [0.25, 0.3) is 0 Å². The summed E-state index contributed by atoms with van der Waals surface area (Å²) in [4.78, 5) is 0.192. The maximum atomic E-state index is 12.5. The lowest BCUT2D eigenvalue weighted by Crippen LogP contribution is -2.37. The van der Waals surface area contributed by atoms with Crippen LogP contribution in [-0.2, 0) is 10.0 Å². The van der Waals surface area contributed by atoms with Gasteiger partial charge in [0.2, 0.25) is 10.0 Å². The van der Waals surface area contributed by atoms with Crippen LogP contribution in [0.15, 0.2) is 27.6 Å². The molecule has 0 aromatic heterocycles. The first-order valence-corrected chi connectivity index (χ1v) is 7.88. The van der Waals surface area contributed by atoms with Gasteiger partial charge in [-0.2, -0.15) is 4.31 Å². The quantitative estimate of drug-likeness (QED) is 0.813. The highest BCUT2D eigenvalue weighted by molar-refractivity contribution is 9.10. The number of aliphatic hydroxyl groups excluding tert-OH is 1. The number of anilines is 1. The molecular formula is C11H15BrN2O3S. The Kier molecular flexibility index (Phi) is 3.96. The molecule has 3 N–H and O–H groups in total. The third-order valence-electron chi connectivity index (χ3n) is 3.08. The van der Waals surface area contributed by atoms with Crippen molar-refractivity contribution < 1.29 is 13.5 Å². The van der Waals surface area contributed by atoms with Crippen molar-refractivity contribution in [2.75, 3.05) is 18.9 Å². The van der Waals surface area contributed by atoms with Crippen molar-refractivity contribution in [2.24, 2.45) is 0 Å². The minimum Gasteiger partial charge on any atom is -0.399 e. The van der Waals surface area contributed by atoms with Crippen LogP contribution < -0.4 is 5.73 Å². The van der Waals surface area contributed by atoms with Gasteiger partial charge in [0.1, 0.15) is 0 Å². The lowest BCUT2D eigenvalue weighted by Gasteiger charge is -2.23. The SMILES string of the molecule is Nc1ccc(S(=O)(=O)N2CCC[C@H]2CO)c(Br)c1. The standard InChI is InChI=1S/C11H15BrN2O3S/c12-10-6-8(13)3-4-11(10)18(16,17)14-5-1-2-9(14)7-15/h3-4,6,9,15H,1-2,5,7,13H2/t9-/m0/s1. The van der Waals surface area contributed by atoms with Crippen LogP contribution in [0.2, 0.25) is 0 Å². The van der Waals surface area contributed by atoms with Gasteiger partial charge in [-0.15, -0.1) is 0 Å². The number of sulfonamides is 1. The van der Waals surface area contributed by atoms with Crippen molar-refractivity contribution in [3.63, 3.8) is 0 Å². The van der Waals surface area contributed by atoms with Crippen LogP contribution >= 0.6 is 15.9 Å². The highest BCUT2D eigenvalue weighted by Crippen LogP contribution is 2.31. The summed E-state index contributed by atoms with van der Waals surface area (Å²) >= 11 is 3.22. The molecular weight excluding hydrogens is 320 g/mol. The average Bonchev–Trinajstić information content (AvgIpc) is 2.76. The molecule has 0 bridgehead atoms. The molecule has 1 fully saturated rings. The molecule has 1 aliphatic heterocycles. The van der Waals surface area contributed by atoms with Crippen LogP contribution in [0.3, 0.4) is 0 Å². The number of nitrogens with zero attached hydrogens (tertiary/aromatic N) is 1. The largest absolute Gasteiger partial charge is 0.399 e. The fourth-order valence-corrected chi connectivity index (χ4v) is 4.90. The average molecular weight is 335 g/mol. The molecule has 1 aromatic rings. The van der Waals surface area contributed by atoms with Crippen molar-refractivity contribution in [2.45, 2.75) is 23.8 Å². The number of halogens is 1. The molecule has 18 heavy (non-hydrogen) atoms. The van der Waals surface area contributed by atoms with E-state index < -0.39 is 10.0 Å². The van der Waals surface area contributed by atoms with Crippen molar-refractivity contribution in [3.05, 3.63) is 22.7 Å². The first kappa shape index (κ1) is 13.8. The zero-order chi connectivity index (χ0) is 13.3. The molecule has 100 valence electrons. The Morgan fingerprint density at radius 1 is 1.50 bits per heavy atom. The topological polar surface area (TPSA) is 83.6 Å². The van der Waals surface area contributed by atoms with E-state index in [0.717, 1.165) is 6.42 Å². The van der Waals surface area contributed by atoms with E-state index in [1.165, 1.54) is 10.4 Å². The predicted molar refractivity (Wildman–Crippen MR) is 72.6 cm³/mol. The lowest BCUT2D eigenvalue weighted by molar-refractivity contribution is 0.213. The zero-order valence-electron chi connectivity index (χ0n) is 9.71. The third-order valence-corrected chi connectivity index (χ3v) is 6.00. The van der Waals surface area contributed by atoms with Crippen LogP contribution in [-0.4, -0.2) is 37.0 Å². The fourth-order valence-electron chi connectivity index (χ4n) is 2.16. The maximum absolute atomic E-state index is 12.5. The number of nitrogens with two attached hydrogens (primary N) is 1. The zero-order valence-corrected chi connectivity index (χ0v) is 12.1. The second-order valence-electron chi connectivity index (χ2n) is 4.28. The molecule has 1 heterocycles. The minimum atomic E-state index is -3.58. The second-order valence-corrected chi connectivity index (χ2v) is 7.00. The molecule has 5 nitrogen and oxygen atoms in total. The van der Waals surface area contributed by atoms with Crippen LogP contribution in [0.1, 0.15) is 12.8 Å². The van der Waals surface area contributed by atoms with E-state index in [1.807, 2.05) is 0 Å². The predicted octanol–water partition coefficient (Wildman–Crippen LogP) is 1.18. The maximum Gasteiger partial charge on any atom is 0.244 e. The third kappa shape index (κ3) is 2.40. The summed E-state index contributed by atoms with van der Waals surface area (Å²) in [5, 5.41) is 9.22. The molecule has 0 spiro atoms. The van der Waals surface area contributed by atoms with Gasteiger partial charge in [-0.1, -0.05) is 0 Å². The Morgan fingerprint density at radius 3 is 2.83 bits per heavy atom. The number of hydrogen-bond acceptors (Lipinski definition) is 4. The molecule has 0 radical (unpaired) electrons. The van der Waals surface area contributed by atoms with E-state index in [0.29, 0.717) is 23.1 Å². The van der Waals surface area contributed by atoms with E-state index in [4.69, 9.17) is 5.73 Å². The lowest BCUT2D eigenvalue weighted by atomic mass is 10.2. The van der Waals surface area contributed by atoms with E-state index >= 15 is 0 Å². The summed E-state index contributed by atoms with van der Waals surface area (Å²) in [6.45, 7) is 0.302. The fraction of sp³-hybridized carbons (Fsp3) is 0.455. The molecule has 1 aromatic carbocycles. The highest BCUT2D eigenvalue weighted by Gasteiger charge is 2.35. The Bertz CT molecular complexity index is 547. The van der Waals surface area contributed by atoms with Crippen LogP contribution in [0.4, 0.5) is 5.69 Å². The highest BCUT2D eigenvalue weighted by atomic mass is 79.9. The van der Waals surface area contributed by atoms with Gasteiger partial charge in [0, 0.05) is 22.7 Å². The number of benzene rings is 1. The summed E-state index contributed by atoms with van der Waals surface area (Å²) in [6.07, 6.45) is 1.47. The minimum absolute atomic E-state index is 0.147. The summed E-state index contributed by atoms with van der Waals surface area (Å²) in [5.74, 6) is 0. The monoisotopic (exact) mass is 334 g/mol. The van der Waals surface area contributed by atoms with Crippen molar-refractivity contribution in [3.8, 4) is 0 Å². The van der Waals surface area contributed by atoms with Crippen LogP contribution in [0, 0.1) is 0 Å². The van der Waals surface area contributed by atoms with Gasteiger partial charge in [-0.05, 0) is 47.0 Å². The smallest absolute Gasteiger partial charge is 0.244 e. The summed E-state index contributed by atoms with van der Waals surface area (Å²) in [7, 11) is -3.58. The van der Waals surface area contributed by atoms with Crippen molar-refractivity contribution in [1.82, 2.24) is 4.31 Å². The Labute approximate surface area is 115 Å². The summed E-state index contributed by atoms with van der Waals surface area (Å²) in [5.41, 5.74) is 6.10. The number of rotatable bonds is 3. The first-order valence-electron chi connectivity index (χ1n) is 5.64. The summed E-state index contributed by atoms with van der Waals surface area (Å²) in [6, 6.07) is 4.29. The number of aliphatic hydroxyl groups is 1. The van der Waals surface area contributed by atoms with Gasteiger partial charge in [0.05, 0.1) is 11.5 Å². The van der Waals surface area contributed by atoms with Gasteiger partial charge in [-0.25, -0.2) is 8.42 Å². The molecule has 0 saturated carbocycles. The van der Waals surface area contributed by atoms with Gasteiger partial charge in [-0.3, -0.25) is 0 Å². The Morgan fingerprint density at radius 2 is 2.22 bits per heavy atom. The van der Waals surface area contributed by atoms with Gasteiger partial charge >= 0.3 is 0 Å². The number of hydrogen-bond donors (Lipinski definition) is 2. The molecule has 1 atom stereocenters. The first-order chi connectivity index (χ1) is 8.46. The van der Waals surface area contributed by atoms with Crippen LogP contribution in [0.5, 0.6) is 0 Å². The molecule has 2 rings (SSSR count). The molecule has 0 unspecified atom stereocenters.